The van der Waals surface area contributed by atoms with Crippen molar-refractivity contribution in [2.24, 2.45) is 0 Å². The van der Waals surface area contributed by atoms with Crippen molar-refractivity contribution in [1.82, 2.24) is 0 Å². The zero-order valence-corrected chi connectivity index (χ0v) is 10.9. The topological polar surface area (TPSA) is 86.6 Å². The number of phenolic OH excluding ortho intramolecular Hbond substituents is 1. The summed E-state index contributed by atoms with van der Waals surface area (Å²) in [6, 6.07) is 10.0. The third-order valence-electron chi connectivity index (χ3n) is 2.61. The summed E-state index contributed by atoms with van der Waals surface area (Å²) in [7, 11) is 0. The monoisotopic (exact) mass is 291 g/mol. The molecule has 20 heavy (non-hydrogen) atoms. The highest BCUT2D eigenvalue weighted by atomic mass is 35.5. The van der Waals surface area contributed by atoms with E-state index < -0.39 is 11.9 Å². The van der Waals surface area contributed by atoms with Crippen molar-refractivity contribution >= 4 is 29.2 Å². The van der Waals surface area contributed by atoms with Crippen LogP contribution in [0, 0.1) is 0 Å². The molecule has 6 heteroatoms. The van der Waals surface area contributed by atoms with Gasteiger partial charge in [-0.25, -0.2) is 4.79 Å². The van der Waals surface area contributed by atoms with Crippen LogP contribution in [0.15, 0.2) is 42.5 Å². The normalized spacial score (nSPS) is 10.1. The quantitative estimate of drug-likeness (QED) is 0.811. The molecule has 0 fully saturated rings. The molecule has 0 saturated heterocycles. The van der Waals surface area contributed by atoms with Crippen molar-refractivity contribution in [2.45, 2.75) is 0 Å². The summed E-state index contributed by atoms with van der Waals surface area (Å²) in [5, 5.41) is 21.4. The fourth-order valence-electron chi connectivity index (χ4n) is 1.66. The summed E-state index contributed by atoms with van der Waals surface area (Å²) in [4.78, 5) is 23.1. The molecule has 3 N–H and O–H groups in total. The van der Waals surface area contributed by atoms with Gasteiger partial charge in [0.1, 0.15) is 5.75 Å². The molecule has 2 aromatic carbocycles. The van der Waals surface area contributed by atoms with Gasteiger partial charge >= 0.3 is 5.97 Å². The van der Waals surface area contributed by atoms with Crippen LogP contribution in [-0.4, -0.2) is 22.1 Å². The highest BCUT2D eigenvalue weighted by molar-refractivity contribution is 6.31. The Morgan fingerprint density at radius 1 is 1.05 bits per heavy atom. The first-order chi connectivity index (χ1) is 9.49. The maximum atomic E-state index is 12.0. The molecule has 0 aliphatic carbocycles. The second-order valence-corrected chi connectivity index (χ2v) is 4.40. The Kier molecular flexibility index (Phi) is 3.91. The van der Waals surface area contributed by atoms with E-state index in [9.17, 15) is 14.7 Å². The van der Waals surface area contributed by atoms with Crippen molar-refractivity contribution in [3.05, 3.63) is 58.6 Å². The van der Waals surface area contributed by atoms with Crippen LogP contribution in [0.1, 0.15) is 20.7 Å². The number of aromatic carboxylic acids is 1. The second-order valence-electron chi connectivity index (χ2n) is 3.97. The number of benzene rings is 2. The maximum absolute atomic E-state index is 12.0. The molecular weight excluding hydrogens is 282 g/mol. The minimum absolute atomic E-state index is 0.0299. The van der Waals surface area contributed by atoms with Crippen LogP contribution < -0.4 is 5.32 Å². The van der Waals surface area contributed by atoms with Crippen LogP contribution in [0.4, 0.5) is 5.69 Å². The molecule has 2 rings (SSSR count). The van der Waals surface area contributed by atoms with Crippen LogP contribution in [0.5, 0.6) is 5.75 Å². The number of para-hydroxylation sites is 1. The number of amides is 1. The van der Waals surface area contributed by atoms with E-state index in [0.29, 0.717) is 5.02 Å². The largest absolute Gasteiger partial charge is 0.507 e. The number of anilines is 1. The average Bonchev–Trinajstić information content (AvgIpc) is 2.41. The summed E-state index contributed by atoms with van der Waals surface area (Å²) in [6.07, 6.45) is 0. The number of rotatable bonds is 3. The lowest BCUT2D eigenvalue weighted by atomic mass is 10.1. The summed E-state index contributed by atoms with van der Waals surface area (Å²) in [5.41, 5.74) is 0.0736. The van der Waals surface area contributed by atoms with Crippen LogP contribution in [0.2, 0.25) is 5.02 Å². The molecule has 5 nitrogen and oxygen atoms in total. The van der Waals surface area contributed by atoms with Crippen molar-refractivity contribution in [3.63, 3.8) is 0 Å². The van der Waals surface area contributed by atoms with Crippen molar-refractivity contribution in [3.8, 4) is 5.75 Å². The average molecular weight is 292 g/mol. The lowest BCUT2D eigenvalue weighted by Gasteiger charge is -2.09. The van der Waals surface area contributed by atoms with Crippen LogP contribution >= 0.6 is 11.6 Å². The number of aromatic hydroxyl groups is 1. The van der Waals surface area contributed by atoms with Crippen molar-refractivity contribution in [1.29, 1.82) is 0 Å². The molecule has 0 aliphatic rings. The molecule has 0 atom stereocenters. The third kappa shape index (κ3) is 2.89. The number of carbonyl (C=O) groups excluding carboxylic acids is 1. The lowest BCUT2D eigenvalue weighted by Crippen LogP contribution is -2.14. The van der Waals surface area contributed by atoms with Gasteiger partial charge < -0.3 is 15.5 Å². The Morgan fingerprint density at radius 2 is 1.75 bits per heavy atom. The number of hydrogen-bond donors (Lipinski definition) is 3. The molecule has 0 spiro atoms. The molecule has 2 aromatic rings. The van der Waals surface area contributed by atoms with Crippen molar-refractivity contribution < 1.29 is 19.8 Å². The molecule has 0 radical (unpaired) electrons. The second kappa shape index (κ2) is 5.63. The minimum Gasteiger partial charge on any atom is -0.507 e. The Bertz CT molecular complexity index is 685. The van der Waals surface area contributed by atoms with Crippen LogP contribution in [0.25, 0.3) is 0 Å². The molecule has 1 amide bonds. The summed E-state index contributed by atoms with van der Waals surface area (Å²) in [5.74, 6) is -2.03. The van der Waals surface area contributed by atoms with E-state index in [-0.39, 0.29) is 22.6 Å². The fourth-order valence-corrected chi connectivity index (χ4v) is 1.83. The van der Waals surface area contributed by atoms with E-state index in [1.165, 1.54) is 30.3 Å². The molecule has 0 aliphatic heterocycles. The minimum atomic E-state index is -1.16. The predicted molar refractivity (Wildman–Crippen MR) is 74.5 cm³/mol. The highest BCUT2D eigenvalue weighted by Gasteiger charge is 2.15. The van der Waals surface area contributed by atoms with Gasteiger partial charge in [-0.2, -0.15) is 0 Å². The first-order valence-corrected chi connectivity index (χ1v) is 5.99. The van der Waals surface area contributed by atoms with Crippen LogP contribution in [0.3, 0.4) is 0 Å². The number of halogens is 1. The first kappa shape index (κ1) is 13.9. The molecule has 0 saturated carbocycles. The first-order valence-electron chi connectivity index (χ1n) is 5.61. The number of carboxylic acids is 1. The molecule has 0 unspecified atom stereocenters. The Hall–Kier alpha value is -2.53. The van der Waals surface area contributed by atoms with E-state index in [0.717, 1.165) is 0 Å². The number of nitrogens with one attached hydrogen (secondary N) is 1. The van der Waals surface area contributed by atoms with E-state index in [1.807, 2.05) is 0 Å². The van der Waals surface area contributed by atoms with Crippen LogP contribution in [-0.2, 0) is 0 Å². The summed E-state index contributed by atoms with van der Waals surface area (Å²) in [6.45, 7) is 0. The van der Waals surface area contributed by atoms with Gasteiger partial charge in [0.05, 0.1) is 16.8 Å². The zero-order valence-electron chi connectivity index (χ0n) is 10.1. The predicted octanol–water partition coefficient (Wildman–Crippen LogP) is 3.00. The van der Waals surface area contributed by atoms with Crippen molar-refractivity contribution in [2.75, 3.05) is 5.32 Å². The van der Waals surface area contributed by atoms with Gasteiger partial charge in [0.2, 0.25) is 0 Å². The zero-order chi connectivity index (χ0) is 14.7. The molecule has 0 bridgehead atoms. The molecule has 0 heterocycles. The smallest absolute Gasteiger partial charge is 0.337 e. The molecule has 102 valence electrons. The number of phenols is 1. The fraction of sp³-hybridized carbons (Fsp3) is 0. The van der Waals surface area contributed by atoms with Gasteiger partial charge in [-0.3, -0.25) is 4.79 Å². The Balaban J connectivity index is 2.33. The Labute approximate surface area is 119 Å². The SMILES string of the molecule is O=C(Nc1ccccc1C(=O)O)c1cc(Cl)ccc1O. The van der Waals surface area contributed by atoms with E-state index >= 15 is 0 Å². The summed E-state index contributed by atoms with van der Waals surface area (Å²) >= 11 is 5.76. The van der Waals surface area contributed by atoms with Gasteiger partial charge in [-0.1, -0.05) is 23.7 Å². The number of carbonyl (C=O) groups is 2. The lowest BCUT2D eigenvalue weighted by molar-refractivity contribution is 0.0698. The van der Waals surface area contributed by atoms with E-state index in [2.05, 4.69) is 5.32 Å². The van der Waals surface area contributed by atoms with E-state index in [1.54, 1.807) is 12.1 Å². The van der Waals surface area contributed by atoms with Gasteiger partial charge in [-0.05, 0) is 30.3 Å². The van der Waals surface area contributed by atoms with Gasteiger partial charge in [-0.15, -0.1) is 0 Å². The maximum Gasteiger partial charge on any atom is 0.337 e. The number of carboxylic acid groups (broad SMARTS) is 1. The molecule has 0 aromatic heterocycles. The van der Waals surface area contributed by atoms with Gasteiger partial charge in [0.15, 0.2) is 0 Å². The van der Waals surface area contributed by atoms with Gasteiger partial charge in [0.25, 0.3) is 5.91 Å². The van der Waals surface area contributed by atoms with E-state index in [4.69, 9.17) is 16.7 Å². The highest BCUT2D eigenvalue weighted by Crippen LogP contribution is 2.23. The standard InChI is InChI=1S/C14H10ClNO4/c15-8-5-6-12(17)10(7-8)13(18)16-11-4-2-1-3-9(11)14(19)20/h1-7,17H,(H,16,18)(H,19,20). The summed E-state index contributed by atoms with van der Waals surface area (Å²) < 4.78 is 0. The third-order valence-corrected chi connectivity index (χ3v) is 2.84. The van der Waals surface area contributed by atoms with Gasteiger partial charge in [0, 0.05) is 5.02 Å². The number of hydrogen-bond acceptors (Lipinski definition) is 3. The Morgan fingerprint density at radius 3 is 2.45 bits per heavy atom. The molecular formula is C14H10ClNO4.